The van der Waals surface area contributed by atoms with E-state index in [2.05, 4.69) is 10.3 Å². The summed E-state index contributed by atoms with van der Waals surface area (Å²) in [6.07, 6.45) is -4.53. The Morgan fingerprint density at radius 3 is 2.24 bits per heavy atom. The molecule has 0 spiro atoms. The molecule has 3 rings (SSSR count). The van der Waals surface area contributed by atoms with Gasteiger partial charge in [-0.25, -0.2) is 13.8 Å². The van der Waals surface area contributed by atoms with Gasteiger partial charge in [-0.05, 0) is 13.8 Å². The number of aromatic nitrogens is 2. The average molecular weight is 469 g/mol. The Morgan fingerprint density at radius 2 is 1.67 bits per heavy atom. The van der Waals surface area contributed by atoms with E-state index < -0.39 is 54.1 Å². The van der Waals surface area contributed by atoms with Crippen molar-refractivity contribution in [2.24, 2.45) is 0 Å². The van der Waals surface area contributed by atoms with E-state index in [0.29, 0.717) is 0 Å². The van der Waals surface area contributed by atoms with Gasteiger partial charge >= 0.3 is 17.9 Å². The number of anilines is 1. The summed E-state index contributed by atoms with van der Waals surface area (Å²) in [5.41, 5.74) is 0.267. The van der Waals surface area contributed by atoms with Gasteiger partial charge in [0.1, 0.15) is 12.7 Å². The highest BCUT2D eigenvalue weighted by Crippen LogP contribution is 2.39. The Bertz CT molecular complexity index is 1070. The van der Waals surface area contributed by atoms with E-state index in [4.69, 9.17) is 18.9 Å². The minimum Gasteiger partial charge on any atom is -0.463 e. The Hall–Kier alpha value is -3.28. The summed E-state index contributed by atoms with van der Waals surface area (Å²) in [6, 6.07) is 1.74. The standard InChI is InChI=1S/C21H25F2N3O7/c1-9(2)24-21-25-15-6-13(22)14(23)7-16(15)26(21)20-19(32-12(5)29)18(31-11(4)28)17(33-20)8-30-10(3)27/h6-7,9,17-20H,8H2,1-5H3,(H,24,25)/t17-,18-,19-,20-/m0/s1. The summed E-state index contributed by atoms with van der Waals surface area (Å²) >= 11 is 0. The molecule has 1 aliphatic rings. The molecule has 12 heteroatoms. The van der Waals surface area contributed by atoms with Gasteiger partial charge in [-0.2, -0.15) is 0 Å². The van der Waals surface area contributed by atoms with Gasteiger partial charge in [-0.15, -0.1) is 0 Å². The van der Waals surface area contributed by atoms with Crippen LogP contribution in [0.5, 0.6) is 0 Å². The van der Waals surface area contributed by atoms with Gasteiger partial charge in [0.15, 0.2) is 30.1 Å². The van der Waals surface area contributed by atoms with Gasteiger partial charge < -0.3 is 24.3 Å². The van der Waals surface area contributed by atoms with Gasteiger partial charge in [0, 0.05) is 38.9 Å². The first kappa shape index (κ1) is 24.4. The van der Waals surface area contributed by atoms with E-state index in [9.17, 15) is 23.2 Å². The molecule has 1 aliphatic heterocycles. The molecule has 1 saturated heterocycles. The molecular formula is C21H25F2N3O7. The topological polar surface area (TPSA) is 118 Å². The van der Waals surface area contributed by atoms with Crippen LogP contribution in [0.2, 0.25) is 0 Å². The van der Waals surface area contributed by atoms with Crippen LogP contribution in [-0.2, 0) is 33.3 Å². The highest BCUT2D eigenvalue weighted by atomic mass is 19.2. The molecule has 2 aromatic rings. The van der Waals surface area contributed by atoms with Crippen LogP contribution in [0.3, 0.4) is 0 Å². The monoisotopic (exact) mass is 469 g/mol. The summed E-state index contributed by atoms with van der Waals surface area (Å²) in [7, 11) is 0. The fraction of sp³-hybridized carbons (Fsp3) is 0.524. The van der Waals surface area contributed by atoms with E-state index in [1.807, 2.05) is 13.8 Å². The first-order valence-corrected chi connectivity index (χ1v) is 10.2. The van der Waals surface area contributed by atoms with E-state index in [1.165, 1.54) is 11.5 Å². The molecule has 10 nitrogen and oxygen atoms in total. The summed E-state index contributed by atoms with van der Waals surface area (Å²) < 4.78 is 51.2. The van der Waals surface area contributed by atoms with Crippen LogP contribution in [0.4, 0.5) is 14.7 Å². The van der Waals surface area contributed by atoms with Crippen molar-refractivity contribution in [3.05, 3.63) is 23.8 Å². The first-order chi connectivity index (χ1) is 15.5. The van der Waals surface area contributed by atoms with Crippen LogP contribution >= 0.6 is 0 Å². The second kappa shape index (κ2) is 9.69. The Balaban J connectivity index is 2.16. The third-order valence-electron chi connectivity index (χ3n) is 4.74. The number of hydrogen-bond donors (Lipinski definition) is 1. The molecule has 1 aromatic carbocycles. The van der Waals surface area contributed by atoms with Crippen molar-refractivity contribution < 1.29 is 42.1 Å². The molecule has 0 aliphatic carbocycles. The van der Waals surface area contributed by atoms with Crippen LogP contribution in [0.1, 0.15) is 40.8 Å². The lowest BCUT2D eigenvalue weighted by Gasteiger charge is -2.25. The van der Waals surface area contributed by atoms with Crippen molar-refractivity contribution in [1.82, 2.24) is 9.55 Å². The zero-order valence-corrected chi connectivity index (χ0v) is 18.8. The fourth-order valence-corrected chi connectivity index (χ4v) is 3.61. The van der Waals surface area contributed by atoms with Gasteiger partial charge in [-0.3, -0.25) is 19.0 Å². The van der Waals surface area contributed by atoms with Crippen LogP contribution in [0, 0.1) is 11.6 Å². The molecule has 2 heterocycles. The Kier molecular flexibility index (Phi) is 7.15. The number of halogens is 2. The predicted molar refractivity (Wildman–Crippen MR) is 110 cm³/mol. The molecule has 0 saturated carbocycles. The van der Waals surface area contributed by atoms with Gasteiger partial charge in [0.2, 0.25) is 5.95 Å². The summed E-state index contributed by atoms with van der Waals surface area (Å²) in [6.45, 7) is 6.88. The summed E-state index contributed by atoms with van der Waals surface area (Å²) in [5.74, 6) is -3.99. The quantitative estimate of drug-likeness (QED) is 0.482. The fourth-order valence-electron chi connectivity index (χ4n) is 3.61. The number of esters is 3. The molecule has 0 unspecified atom stereocenters. The van der Waals surface area contributed by atoms with Crippen LogP contribution < -0.4 is 5.32 Å². The number of hydrogen-bond acceptors (Lipinski definition) is 9. The number of rotatable bonds is 7. The zero-order valence-electron chi connectivity index (χ0n) is 18.8. The molecule has 0 bridgehead atoms. The summed E-state index contributed by atoms with van der Waals surface area (Å²) in [5, 5.41) is 3.07. The molecule has 1 aromatic heterocycles. The maximum Gasteiger partial charge on any atom is 0.303 e. The third-order valence-corrected chi connectivity index (χ3v) is 4.74. The largest absolute Gasteiger partial charge is 0.463 e. The maximum atomic E-state index is 14.1. The number of imidazole rings is 1. The number of fused-ring (bicyclic) bond motifs is 1. The number of carbonyl (C=O) groups is 3. The van der Waals surface area contributed by atoms with Crippen molar-refractivity contribution in [3.8, 4) is 0 Å². The van der Waals surface area contributed by atoms with Crippen molar-refractivity contribution in [2.45, 2.75) is 65.2 Å². The van der Waals surface area contributed by atoms with Crippen molar-refractivity contribution in [2.75, 3.05) is 11.9 Å². The third kappa shape index (κ3) is 5.38. The molecule has 33 heavy (non-hydrogen) atoms. The molecule has 0 amide bonds. The van der Waals surface area contributed by atoms with E-state index in [-0.39, 0.29) is 29.6 Å². The Labute approximate surface area is 188 Å². The smallest absolute Gasteiger partial charge is 0.303 e. The normalized spacial score (nSPS) is 22.4. The molecule has 4 atom stereocenters. The minimum absolute atomic E-state index is 0.120. The van der Waals surface area contributed by atoms with E-state index in [0.717, 1.165) is 26.0 Å². The molecule has 0 radical (unpaired) electrons. The summed E-state index contributed by atoms with van der Waals surface area (Å²) in [4.78, 5) is 39.3. The second-order valence-electron chi connectivity index (χ2n) is 7.88. The lowest BCUT2D eigenvalue weighted by molar-refractivity contribution is -0.166. The number of nitrogens with zero attached hydrogens (tertiary/aromatic N) is 2. The van der Waals surface area contributed by atoms with Crippen molar-refractivity contribution in [3.63, 3.8) is 0 Å². The highest BCUT2D eigenvalue weighted by molar-refractivity contribution is 5.79. The number of nitrogens with one attached hydrogen (secondary N) is 1. The lowest BCUT2D eigenvalue weighted by Crippen LogP contribution is -2.40. The van der Waals surface area contributed by atoms with Crippen molar-refractivity contribution in [1.29, 1.82) is 0 Å². The molecule has 1 fully saturated rings. The van der Waals surface area contributed by atoms with Crippen molar-refractivity contribution >= 4 is 34.9 Å². The second-order valence-corrected chi connectivity index (χ2v) is 7.88. The van der Waals surface area contributed by atoms with E-state index in [1.54, 1.807) is 0 Å². The van der Waals surface area contributed by atoms with Crippen LogP contribution in [0.25, 0.3) is 11.0 Å². The number of ether oxygens (including phenoxy) is 4. The van der Waals surface area contributed by atoms with Gasteiger partial charge in [-0.1, -0.05) is 0 Å². The minimum atomic E-state index is -1.20. The number of carbonyl (C=O) groups excluding carboxylic acids is 3. The number of benzene rings is 1. The van der Waals surface area contributed by atoms with Gasteiger partial charge in [0.25, 0.3) is 0 Å². The first-order valence-electron chi connectivity index (χ1n) is 10.2. The molecule has 180 valence electrons. The highest BCUT2D eigenvalue weighted by Gasteiger charge is 2.51. The maximum absolute atomic E-state index is 14.1. The molecule has 1 N–H and O–H groups in total. The SMILES string of the molecule is CC(=O)OC[C@@H]1O[C@H](n2c(NC(C)C)nc3cc(F)c(F)cc32)[C@@H](OC(C)=O)[C@H]1OC(C)=O. The Morgan fingerprint density at radius 1 is 1.06 bits per heavy atom. The van der Waals surface area contributed by atoms with Gasteiger partial charge in [0.05, 0.1) is 11.0 Å². The zero-order chi connectivity index (χ0) is 24.4. The predicted octanol–water partition coefficient (Wildman–Crippen LogP) is 2.46. The van der Waals surface area contributed by atoms with Crippen LogP contribution in [0.15, 0.2) is 12.1 Å². The van der Waals surface area contributed by atoms with Crippen LogP contribution in [-0.4, -0.2) is 58.4 Å². The van der Waals surface area contributed by atoms with E-state index >= 15 is 0 Å². The molecular weight excluding hydrogens is 444 g/mol. The lowest BCUT2D eigenvalue weighted by atomic mass is 10.1. The average Bonchev–Trinajstić information content (AvgIpc) is 3.17.